The van der Waals surface area contributed by atoms with Crippen LogP contribution in [0, 0.1) is 0 Å². The summed E-state index contributed by atoms with van der Waals surface area (Å²) in [7, 11) is 0. The van der Waals surface area contributed by atoms with Crippen molar-refractivity contribution < 1.29 is 4.79 Å². The van der Waals surface area contributed by atoms with Gasteiger partial charge in [-0.1, -0.05) is 0 Å². The molecule has 106 valence electrons. The van der Waals surface area contributed by atoms with Gasteiger partial charge in [0.15, 0.2) is 5.13 Å². The van der Waals surface area contributed by atoms with Gasteiger partial charge in [0.1, 0.15) is 0 Å². The van der Waals surface area contributed by atoms with Gasteiger partial charge in [-0.15, -0.1) is 11.3 Å². The molecule has 0 aliphatic carbocycles. The average Bonchev–Trinajstić information content (AvgIpc) is 3.16. The molecule has 0 unspecified atom stereocenters. The molecule has 1 aromatic carbocycles. The summed E-state index contributed by atoms with van der Waals surface area (Å²) in [6.45, 7) is 0.381. The molecule has 2 heterocycles. The molecule has 21 heavy (non-hydrogen) atoms. The Balaban J connectivity index is 1.65. The quantitative estimate of drug-likeness (QED) is 0.777. The second-order valence-corrected chi connectivity index (χ2v) is 5.39. The van der Waals surface area contributed by atoms with E-state index in [0.29, 0.717) is 17.2 Å². The lowest BCUT2D eigenvalue weighted by atomic mass is 10.2. The van der Waals surface area contributed by atoms with Crippen LogP contribution in [0.25, 0.3) is 5.69 Å². The van der Waals surface area contributed by atoms with E-state index >= 15 is 0 Å². The van der Waals surface area contributed by atoms with Crippen molar-refractivity contribution in [2.75, 3.05) is 5.73 Å². The van der Waals surface area contributed by atoms with Gasteiger partial charge in [0, 0.05) is 29.0 Å². The largest absolute Gasteiger partial charge is 0.375 e. The van der Waals surface area contributed by atoms with Crippen molar-refractivity contribution in [3.63, 3.8) is 0 Å². The van der Waals surface area contributed by atoms with Gasteiger partial charge in [0.2, 0.25) is 0 Å². The van der Waals surface area contributed by atoms with E-state index in [-0.39, 0.29) is 5.91 Å². The minimum Gasteiger partial charge on any atom is -0.375 e. The molecular formula is C15H14N4OS. The predicted molar refractivity (Wildman–Crippen MR) is 83.5 cm³/mol. The second-order valence-electron chi connectivity index (χ2n) is 4.50. The Morgan fingerprint density at radius 1 is 1.24 bits per heavy atom. The number of carbonyl (C=O) groups excluding carboxylic acids is 1. The number of nitrogen functional groups attached to an aromatic ring is 1. The Hall–Kier alpha value is -2.60. The fourth-order valence-electron chi connectivity index (χ4n) is 1.97. The lowest BCUT2D eigenvalue weighted by Gasteiger charge is -2.06. The van der Waals surface area contributed by atoms with E-state index in [1.807, 2.05) is 46.6 Å². The van der Waals surface area contributed by atoms with E-state index in [2.05, 4.69) is 10.3 Å². The maximum Gasteiger partial charge on any atom is 0.251 e. The van der Waals surface area contributed by atoms with Crippen LogP contribution in [0.4, 0.5) is 5.13 Å². The molecule has 1 amide bonds. The first-order chi connectivity index (χ1) is 10.2. The third kappa shape index (κ3) is 3.11. The van der Waals surface area contributed by atoms with Gasteiger partial charge in [-0.25, -0.2) is 4.98 Å². The van der Waals surface area contributed by atoms with Crippen LogP contribution in [0.3, 0.4) is 0 Å². The summed E-state index contributed by atoms with van der Waals surface area (Å²) in [6, 6.07) is 11.4. The third-order valence-corrected chi connectivity index (χ3v) is 3.75. The number of hydrogen-bond donors (Lipinski definition) is 2. The van der Waals surface area contributed by atoms with Crippen LogP contribution >= 0.6 is 11.3 Å². The highest BCUT2D eigenvalue weighted by Crippen LogP contribution is 2.12. The average molecular weight is 298 g/mol. The Labute approximate surface area is 126 Å². The van der Waals surface area contributed by atoms with Gasteiger partial charge in [-0.2, -0.15) is 0 Å². The number of rotatable bonds is 4. The number of benzene rings is 1. The zero-order valence-corrected chi connectivity index (χ0v) is 12.0. The summed E-state index contributed by atoms with van der Waals surface area (Å²) in [5, 5.41) is 5.17. The summed E-state index contributed by atoms with van der Waals surface area (Å²) in [4.78, 5) is 16.2. The molecule has 3 N–H and O–H groups in total. The zero-order chi connectivity index (χ0) is 14.7. The molecule has 0 aliphatic rings. The molecule has 2 aromatic heterocycles. The van der Waals surface area contributed by atoms with Crippen LogP contribution in [0.5, 0.6) is 0 Å². The Bertz CT molecular complexity index is 731. The number of anilines is 1. The fourth-order valence-corrected chi connectivity index (χ4v) is 2.53. The van der Waals surface area contributed by atoms with E-state index in [9.17, 15) is 4.79 Å². The fraction of sp³-hybridized carbons (Fsp3) is 0.0667. The van der Waals surface area contributed by atoms with Gasteiger partial charge in [0.25, 0.3) is 5.91 Å². The van der Waals surface area contributed by atoms with Gasteiger partial charge in [0.05, 0.1) is 12.2 Å². The first-order valence-corrected chi connectivity index (χ1v) is 7.32. The number of amides is 1. The minimum atomic E-state index is -0.124. The minimum absolute atomic E-state index is 0.124. The van der Waals surface area contributed by atoms with Gasteiger partial charge in [-0.05, 0) is 36.4 Å². The van der Waals surface area contributed by atoms with Crippen LogP contribution in [-0.2, 0) is 6.54 Å². The lowest BCUT2D eigenvalue weighted by molar-refractivity contribution is 0.0950. The third-order valence-electron chi connectivity index (χ3n) is 3.03. The molecule has 0 saturated carbocycles. The summed E-state index contributed by atoms with van der Waals surface area (Å²) >= 11 is 1.36. The normalized spacial score (nSPS) is 10.5. The number of nitrogens with two attached hydrogens (primary N) is 1. The standard InChI is InChI=1S/C15H14N4OS/c16-15-18-12(10-21-15)9-17-14(20)11-3-5-13(6-4-11)19-7-1-2-8-19/h1-8,10H,9H2,(H2,16,18)(H,17,20). The van der Waals surface area contributed by atoms with Crippen molar-refractivity contribution in [1.29, 1.82) is 0 Å². The maximum atomic E-state index is 12.0. The molecule has 3 aromatic rings. The van der Waals surface area contributed by atoms with Gasteiger partial charge < -0.3 is 15.6 Å². The summed E-state index contributed by atoms with van der Waals surface area (Å²) in [6.07, 6.45) is 3.92. The number of nitrogens with one attached hydrogen (secondary N) is 1. The van der Waals surface area contributed by atoms with Crippen molar-refractivity contribution in [2.24, 2.45) is 0 Å². The smallest absolute Gasteiger partial charge is 0.251 e. The van der Waals surface area contributed by atoms with E-state index < -0.39 is 0 Å². The Kier molecular flexibility index (Phi) is 3.70. The summed E-state index contributed by atoms with van der Waals surface area (Å²) in [5.41, 5.74) is 7.96. The lowest BCUT2D eigenvalue weighted by Crippen LogP contribution is -2.22. The molecule has 3 rings (SSSR count). The molecule has 0 radical (unpaired) electrons. The SMILES string of the molecule is Nc1nc(CNC(=O)c2ccc(-n3cccc3)cc2)cs1. The predicted octanol–water partition coefficient (Wildman–Crippen LogP) is 2.45. The highest BCUT2D eigenvalue weighted by atomic mass is 32.1. The molecule has 0 bridgehead atoms. The van der Waals surface area contributed by atoms with E-state index in [1.165, 1.54) is 11.3 Å². The van der Waals surface area contributed by atoms with Crippen LogP contribution in [0.1, 0.15) is 16.1 Å². The number of nitrogens with zero attached hydrogens (tertiary/aromatic N) is 2. The number of aromatic nitrogens is 2. The first kappa shape index (κ1) is 13.4. The number of carbonyl (C=O) groups is 1. The number of hydrogen-bond acceptors (Lipinski definition) is 4. The Morgan fingerprint density at radius 2 is 1.95 bits per heavy atom. The molecule has 0 aliphatic heterocycles. The highest BCUT2D eigenvalue weighted by Gasteiger charge is 2.06. The summed E-state index contributed by atoms with van der Waals surface area (Å²) < 4.78 is 1.99. The van der Waals surface area contributed by atoms with Crippen molar-refractivity contribution in [3.8, 4) is 5.69 Å². The van der Waals surface area contributed by atoms with Crippen LogP contribution in [0.2, 0.25) is 0 Å². The first-order valence-electron chi connectivity index (χ1n) is 6.44. The molecule has 0 saturated heterocycles. The van der Waals surface area contributed by atoms with Crippen LogP contribution < -0.4 is 11.1 Å². The number of thiazole rings is 1. The van der Waals surface area contributed by atoms with Crippen molar-refractivity contribution in [1.82, 2.24) is 14.9 Å². The van der Waals surface area contributed by atoms with Crippen molar-refractivity contribution in [2.45, 2.75) is 6.54 Å². The molecule has 6 heteroatoms. The zero-order valence-electron chi connectivity index (χ0n) is 11.2. The van der Waals surface area contributed by atoms with Crippen LogP contribution in [0.15, 0.2) is 54.2 Å². The second kappa shape index (κ2) is 5.80. The van der Waals surface area contributed by atoms with Gasteiger partial charge in [-0.3, -0.25) is 4.79 Å². The van der Waals surface area contributed by atoms with E-state index in [0.717, 1.165) is 11.4 Å². The Morgan fingerprint density at radius 3 is 2.57 bits per heavy atom. The van der Waals surface area contributed by atoms with E-state index in [1.54, 1.807) is 12.1 Å². The molecule has 0 fully saturated rings. The maximum absolute atomic E-state index is 12.0. The molecule has 5 nitrogen and oxygen atoms in total. The highest BCUT2D eigenvalue weighted by molar-refractivity contribution is 7.13. The monoisotopic (exact) mass is 298 g/mol. The van der Waals surface area contributed by atoms with Crippen molar-refractivity contribution >= 4 is 22.4 Å². The molecule has 0 spiro atoms. The van der Waals surface area contributed by atoms with Crippen molar-refractivity contribution in [3.05, 3.63) is 65.4 Å². The molecular weight excluding hydrogens is 284 g/mol. The van der Waals surface area contributed by atoms with Gasteiger partial charge >= 0.3 is 0 Å². The molecule has 0 atom stereocenters. The van der Waals surface area contributed by atoms with E-state index in [4.69, 9.17) is 5.73 Å². The van der Waals surface area contributed by atoms with Crippen LogP contribution in [-0.4, -0.2) is 15.5 Å². The summed E-state index contributed by atoms with van der Waals surface area (Å²) in [5.74, 6) is -0.124. The topological polar surface area (TPSA) is 72.9 Å².